The smallest absolute Gasteiger partial charge is 0.286 e. The Kier molecular flexibility index (Phi) is 6.76. The number of likely N-dealkylation sites (tertiary alicyclic amines) is 1. The Balaban J connectivity index is 2.37. The van der Waals surface area contributed by atoms with Gasteiger partial charge in [-0.15, -0.1) is 0 Å². The molecule has 1 aliphatic rings. The van der Waals surface area contributed by atoms with Crippen LogP contribution in [0.1, 0.15) is 23.7 Å². The number of carbonyl (C=O) groups excluding carboxylic acids is 1. The van der Waals surface area contributed by atoms with Crippen molar-refractivity contribution in [2.45, 2.75) is 19.4 Å². The van der Waals surface area contributed by atoms with E-state index in [0.29, 0.717) is 19.7 Å². The molecule has 2 rings (SSSR count). The fraction of sp³-hybridized carbons (Fsp3) is 0.588. The second-order valence-electron chi connectivity index (χ2n) is 6.26. The van der Waals surface area contributed by atoms with Crippen molar-refractivity contribution in [1.82, 2.24) is 4.90 Å². The van der Waals surface area contributed by atoms with E-state index in [9.17, 15) is 14.9 Å². The Morgan fingerprint density at radius 1 is 1.35 bits per heavy atom. The molecule has 2 N–H and O–H groups in total. The second-order valence-corrected chi connectivity index (χ2v) is 6.26. The van der Waals surface area contributed by atoms with E-state index >= 15 is 0 Å². The summed E-state index contributed by atoms with van der Waals surface area (Å²) in [7, 11) is 2.94. The summed E-state index contributed by atoms with van der Waals surface area (Å²) in [6.45, 7) is 3.41. The van der Waals surface area contributed by atoms with Crippen molar-refractivity contribution in [3.8, 4) is 11.5 Å². The first-order valence-corrected chi connectivity index (χ1v) is 8.42. The highest BCUT2D eigenvalue weighted by Crippen LogP contribution is 2.36. The molecule has 26 heavy (non-hydrogen) atoms. The molecule has 1 amide bonds. The lowest BCUT2D eigenvalue weighted by molar-refractivity contribution is -0.385. The average molecular weight is 367 g/mol. The molecule has 0 spiro atoms. The van der Waals surface area contributed by atoms with Gasteiger partial charge in [-0.1, -0.05) is 0 Å². The number of hydrogen-bond acceptors (Lipinski definition) is 7. The summed E-state index contributed by atoms with van der Waals surface area (Å²) in [5.74, 6) is 0.257. The summed E-state index contributed by atoms with van der Waals surface area (Å²) < 4.78 is 15.6. The van der Waals surface area contributed by atoms with Crippen molar-refractivity contribution in [3.63, 3.8) is 0 Å². The van der Waals surface area contributed by atoms with Crippen molar-refractivity contribution in [2.75, 3.05) is 40.5 Å². The number of nitro benzene ring substituents is 1. The number of methoxy groups -OCH3 is 2. The highest BCUT2D eigenvalue weighted by atomic mass is 16.6. The monoisotopic (exact) mass is 367 g/mol. The molecular weight excluding hydrogens is 342 g/mol. The highest BCUT2D eigenvalue weighted by Gasteiger charge is 2.35. The lowest BCUT2D eigenvalue weighted by Crippen LogP contribution is -2.34. The zero-order chi connectivity index (χ0) is 19.3. The van der Waals surface area contributed by atoms with Gasteiger partial charge in [0.1, 0.15) is 12.2 Å². The quantitative estimate of drug-likeness (QED) is 0.420. The Morgan fingerprint density at radius 3 is 2.62 bits per heavy atom. The molecule has 1 aromatic rings. The predicted molar refractivity (Wildman–Crippen MR) is 94.7 cm³/mol. The van der Waals surface area contributed by atoms with Gasteiger partial charge in [0.05, 0.1) is 24.7 Å². The zero-order valence-electron chi connectivity index (χ0n) is 15.3. The van der Waals surface area contributed by atoms with Gasteiger partial charge in [0.2, 0.25) is 0 Å². The summed E-state index contributed by atoms with van der Waals surface area (Å²) in [4.78, 5) is 25.5. The van der Waals surface area contributed by atoms with Crippen molar-refractivity contribution >= 4 is 11.6 Å². The normalized spacial score (nSPS) is 19.5. The number of benzene rings is 1. The number of rotatable bonds is 8. The topological polar surface area (TPSA) is 117 Å². The Hall–Kier alpha value is -2.39. The van der Waals surface area contributed by atoms with E-state index in [4.69, 9.17) is 19.9 Å². The Labute approximate surface area is 152 Å². The Morgan fingerprint density at radius 2 is 2.08 bits per heavy atom. The van der Waals surface area contributed by atoms with Crippen LogP contribution in [-0.4, -0.2) is 62.3 Å². The summed E-state index contributed by atoms with van der Waals surface area (Å²) in [6.07, 6.45) is 0.783. The number of amides is 1. The first-order chi connectivity index (χ1) is 12.4. The van der Waals surface area contributed by atoms with E-state index in [0.717, 1.165) is 6.42 Å². The van der Waals surface area contributed by atoms with Gasteiger partial charge in [0, 0.05) is 25.8 Å². The maximum Gasteiger partial charge on any atom is 0.286 e. The van der Waals surface area contributed by atoms with E-state index in [-0.39, 0.29) is 41.3 Å². The predicted octanol–water partition coefficient (Wildman–Crippen LogP) is 1.44. The van der Waals surface area contributed by atoms with E-state index < -0.39 is 10.8 Å². The molecule has 0 aliphatic carbocycles. The van der Waals surface area contributed by atoms with Crippen molar-refractivity contribution in [1.29, 1.82) is 0 Å². The summed E-state index contributed by atoms with van der Waals surface area (Å²) in [5.41, 5.74) is 5.37. The van der Waals surface area contributed by atoms with Crippen LogP contribution in [0.15, 0.2) is 12.1 Å². The van der Waals surface area contributed by atoms with Gasteiger partial charge in [-0.3, -0.25) is 14.9 Å². The van der Waals surface area contributed by atoms with Crippen LogP contribution in [-0.2, 0) is 4.74 Å². The largest absolute Gasteiger partial charge is 0.493 e. The molecule has 1 aromatic carbocycles. The Bertz CT molecular complexity index is 666. The van der Waals surface area contributed by atoms with Crippen LogP contribution in [0.25, 0.3) is 0 Å². The molecule has 2 unspecified atom stereocenters. The van der Waals surface area contributed by atoms with Gasteiger partial charge >= 0.3 is 0 Å². The van der Waals surface area contributed by atoms with Crippen molar-refractivity contribution in [3.05, 3.63) is 27.8 Å². The fourth-order valence-electron chi connectivity index (χ4n) is 3.13. The van der Waals surface area contributed by atoms with Gasteiger partial charge < -0.3 is 24.8 Å². The number of nitrogens with zero attached hydrogens (tertiary/aromatic N) is 2. The molecule has 0 saturated carbocycles. The molecular formula is C17H25N3O6. The van der Waals surface area contributed by atoms with E-state index in [2.05, 4.69) is 0 Å². The van der Waals surface area contributed by atoms with Crippen LogP contribution in [0, 0.1) is 16.0 Å². The van der Waals surface area contributed by atoms with Gasteiger partial charge in [-0.05, 0) is 25.8 Å². The molecule has 0 radical (unpaired) electrons. The minimum absolute atomic E-state index is 0.0181. The third-order valence-electron chi connectivity index (χ3n) is 4.51. The molecule has 9 heteroatoms. The highest BCUT2D eigenvalue weighted by molar-refractivity contribution is 5.99. The lowest BCUT2D eigenvalue weighted by Gasteiger charge is -2.22. The maximum atomic E-state index is 12.9. The summed E-state index contributed by atoms with van der Waals surface area (Å²) in [5, 5.41) is 11.5. The molecule has 2 atom stereocenters. The molecule has 1 saturated heterocycles. The number of ether oxygens (including phenoxy) is 3. The third-order valence-corrected chi connectivity index (χ3v) is 4.51. The number of carbonyl (C=O) groups is 1. The summed E-state index contributed by atoms with van der Waals surface area (Å²) >= 11 is 0. The van der Waals surface area contributed by atoms with Gasteiger partial charge in [-0.2, -0.15) is 0 Å². The van der Waals surface area contributed by atoms with Crippen LogP contribution in [0.5, 0.6) is 11.5 Å². The third kappa shape index (κ3) is 4.23. The van der Waals surface area contributed by atoms with Crippen molar-refractivity contribution in [2.24, 2.45) is 11.7 Å². The molecule has 9 nitrogen and oxygen atoms in total. The number of nitro groups is 1. The second kappa shape index (κ2) is 8.81. The van der Waals surface area contributed by atoms with E-state index in [1.54, 1.807) is 4.90 Å². The molecule has 0 aromatic heterocycles. The molecule has 1 fully saturated rings. The van der Waals surface area contributed by atoms with Crippen LogP contribution in [0.2, 0.25) is 0 Å². The van der Waals surface area contributed by atoms with E-state index in [1.807, 2.05) is 6.92 Å². The molecule has 1 aliphatic heterocycles. The molecule has 144 valence electrons. The van der Waals surface area contributed by atoms with Crippen LogP contribution in [0.4, 0.5) is 5.69 Å². The fourth-order valence-corrected chi connectivity index (χ4v) is 3.13. The summed E-state index contributed by atoms with van der Waals surface area (Å²) in [6, 6.07) is 2.56. The zero-order valence-corrected chi connectivity index (χ0v) is 15.3. The molecule has 1 heterocycles. The van der Waals surface area contributed by atoms with Gasteiger partial charge in [-0.25, -0.2) is 0 Å². The van der Waals surface area contributed by atoms with Crippen molar-refractivity contribution < 1.29 is 23.9 Å². The lowest BCUT2D eigenvalue weighted by atomic mass is 10.1. The maximum absolute atomic E-state index is 12.9. The minimum Gasteiger partial charge on any atom is -0.493 e. The first-order valence-electron chi connectivity index (χ1n) is 8.42. The first kappa shape index (κ1) is 19.9. The van der Waals surface area contributed by atoms with E-state index in [1.165, 1.54) is 26.4 Å². The van der Waals surface area contributed by atoms with Gasteiger partial charge in [0.25, 0.3) is 11.6 Å². The van der Waals surface area contributed by atoms with Crippen LogP contribution < -0.4 is 15.2 Å². The standard InChI is InChI=1S/C17H25N3O6/c1-11-6-12(9-18)10-19(11)17(21)13-7-15(25-3)16(26-5-4-24-2)8-14(13)20(22)23/h7-8,11-12H,4-6,9-10,18H2,1-3H3. The van der Waals surface area contributed by atoms with Gasteiger partial charge in [0.15, 0.2) is 11.5 Å². The SMILES string of the molecule is COCCOc1cc([N+](=O)[O-])c(C(=O)N2CC(CN)CC2C)cc1OC. The van der Waals surface area contributed by atoms with Crippen LogP contribution >= 0.6 is 0 Å². The minimum atomic E-state index is -0.586. The molecule has 0 bridgehead atoms. The number of hydrogen-bond donors (Lipinski definition) is 1. The number of nitrogens with two attached hydrogens (primary N) is 1. The average Bonchev–Trinajstić information content (AvgIpc) is 3.01. The van der Waals surface area contributed by atoms with Crippen LogP contribution in [0.3, 0.4) is 0 Å².